The highest BCUT2D eigenvalue weighted by atomic mass is 14.1. The van der Waals surface area contributed by atoms with Crippen LogP contribution < -0.4 is 0 Å². The first-order chi connectivity index (χ1) is 5.79. The molecule has 0 spiro atoms. The van der Waals surface area contributed by atoms with Crippen molar-refractivity contribution in [2.75, 3.05) is 0 Å². The Morgan fingerprint density at radius 3 is 2.25 bits per heavy atom. The molecule has 0 saturated heterocycles. The molecule has 0 aromatic rings. The Morgan fingerprint density at radius 2 is 1.92 bits per heavy atom. The van der Waals surface area contributed by atoms with Crippen molar-refractivity contribution in [1.82, 2.24) is 0 Å². The van der Waals surface area contributed by atoms with Crippen molar-refractivity contribution >= 4 is 0 Å². The minimum atomic E-state index is 0.774. The molecule has 70 valence electrons. The molecule has 1 atom stereocenters. The fourth-order valence-corrected chi connectivity index (χ4v) is 1.62. The molecule has 1 unspecified atom stereocenters. The maximum atomic E-state index is 2.27. The molecule has 0 rings (SSSR count). The minimum absolute atomic E-state index is 0.774. The van der Waals surface area contributed by atoms with E-state index < -0.39 is 0 Å². The third-order valence-electron chi connectivity index (χ3n) is 2.29. The first kappa shape index (κ1) is 11.5. The van der Waals surface area contributed by atoms with Gasteiger partial charge in [0.05, 0.1) is 0 Å². The predicted molar refractivity (Wildman–Crippen MR) is 57.3 cm³/mol. The van der Waals surface area contributed by atoms with Gasteiger partial charge in [-0.15, -0.1) is 0 Å². The zero-order chi connectivity index (χ0) is 9.40. The van der Waals surface area contributed by atoms with E-state index in [-0.39, 0.29) is 0 Å². The zero-order valence-corrected chi connectivity index (χ0v) is 8.93. The Balaban J connectivity index is 4.24. The maximum Gasteiger partial charge on any atom is -0.0168 e. The molecule has 0 N–H and O–H groups in total. The minimum Gasteiger partial charge on any atom is -0.0874 e. The summed E-state index contributed by atoms with van der Waals surface area (Å²) in [5, 5.41) is 0. The summed E-state index contributed by atoms with van der Waals surface area (Å²) in [6.45, 7) is 8.74. The van der Waals surface area contributed by atoms with Crippen molar-refractivity contribution in [1.29, 1.82) is 0 Å². The highest BCUT2D eigenvalue weighted by Crippen LogP contribution is 2.21. The molecule has 0 heterocycles. The van der Waals surface area contributed by atoms with Gasteiger partial charge in [-0.2, -0.15) is 0 Å². The largest absolute Gasteiger partial charge is 0.0874 e. The van der Waals surface area contributed by atoms with Gasteiger partial charge in [-0.1, -0.05) is 38.5 Å². The summed E-state index contributed by atoms with van der Waals surface area (Å²) in [4.78, 5) is 0. The molecule has 0 heteroatoms. The Hall–Kier alpha value is -0.520. The van der Waals surface area contributed by atoms with Gasteiger partial charge in [0.2, 0.25) is 0 Å². The van der Waals surface area contributed by atoms with E-state index in [4.69, 9.17) is 0 Å². The smallest absolute Gasteiger partial charge is 0.0168 e. The van der Waals surface area contributed by atoms with Crippen LogP contribution in [0.5, 0.6) is 0 Å². The van der Waals surface area contributed by atoms with Crippen molar-refractivity contribution in [3.63, 3.8) is 0 Å². The summed E-state index contributed by atoms with van der Waals surface area (Å²) in [6, 6.07) is 0. The van der Waals surface area contributed by atoms with E-state index in [0.29, 0.717) is 0 Å². The first-order valence-corrected chi connectivity index (χ1v) is 5.08. The molecule has 0 fully saturated rings. The van der Waals surface area contributed by atoms with E-state index in [1.165, 1.54) is 24.8 Å². The quantitative estimate of drug-likeness (QED) is 0.533. The van der Waals surface area contributed by atoms with Crippen molar-refractivity contribution < 1.29 is 0 Å². The fraction of sp³-hybridized carbons (Fsp3) is 0.667. The molecule has 0 aromatic carbocycles. The normalized spacial score (nSPS) is 15.5. The average molecular weight is 166 g/mol. The molecule has 0 aliphatic carbocycles. The lowest BCUT2D eigenvalue weighted by atomic mass is 9.91. The van der Waals surface area contributed by atoms with E-state index in [2.05, 4.69) is 45.9 Å². The summed E-state index contributed by atoms with van der Waals surface area (Å²) in [6.07, 6.45) is 10.5. The standard InChI is InChI=1S/C12H22/c1-5-9-11(7-3)12(8-4)10-6-2/h5,7,9,12H,6,8,10H2,1-4H3/b9-5-,11-7+. The lowest BCUT2D eigenvalue weighted by Gasteiger charge is -2.14. The summed E-state index contributed by atoms with van der Waals surface area (Å²) >= 11 is 0. The van der Waals surface area contributed by atoms with Gasteiger partial charge >= 0.3 is 0 Å². The molecule has 0 saturated carbocycles. The summed E-state index contributed by atoms with van der Waals surface area (Å²) < 4.78 is 0. The second kappa shape index (κ2) is 7.15. The monoisotopic (exact) mass is 166 g/mol. The number of hydrogen-bond donors (Lipinski definition) is 0. The first-order valence-electron chi connectivity index (χ1n) is 5.08. The van der Waals surface area contributed by atoms with E-state index >= 15 is 0 Å². The molecule has 0 radical (unpaired) electrons. The molecule has 0 aromatic heterocycles. The number of hydrogen-bond acceptors (Lipinski definition) is 0. The van der Waals surface area contributed by atoms with Gasteiger partial charge < -0.3 is 0 Å². The van der Waals surface area contributed by atoms with Gasteiger partial charge in [0.25, 0.3) is 0 Å². The third kappa shape index (κ3) is 3.75. The van der Waals surface area contributed by atoms with Crippen LogP contribution >= 0.6 is 0 Å². The molecule has 12 heavy (non-hydrogen) atoms. The lowest BCUT2D eigenvalue weighted by molar-refractivity contribution is 0.543. The van der Waals surface area contributed by atoms with E-state index in [1.807, 2.05) is 0 Å². The molecule has 0 aliphatic heterocycles. The second-order valence-corrected chi connectivity index (χ2v) is 3.18. The summed E-state index contributed by atoms with van der Waals surface area (Å²) in [5.74, 6) is 0.774. The van der Waals surface area contributed by atoms with Crippen molar-refractivity contribution in [2.45, 2.75) is 47.0 Å². The predicted octanol–water partition coefficient (Wildman–Crippen LogP) is 4.34. The van der Waals surface area contributed by atoms with Crippen LogP contribution in [0.1, 0.15) is 47.0 Å². The van der Waals surface area contributed by atoms with Crippen molar-refractivity contribution in [3.05, 3.63) is 23.8 Å². The summed E-state index contributed by atoms with van der Waals surface area (Å²) in [5.41, 5.74) is 1.50. The molecular formula is C12H22. The van der Waals surface area contributed by atoms with Gasteiger partial charge in [0.15, 0.2) is 0 Å². The third-order valence-corrected chi connectivity index (χ3v) is 2.29. The van der Waals surface area contributed by atoms with Gasteiger partial charge in [0, 0.05) is 0 Å². The van der Waals surface area contributed by atoms with Gasteiger partial charge in [-0.25, -0.2) is 0 Å². The van der Waals surface area contributed by atoms with E-state index in [1.54, 1.807) is 0 Å². The Bertz CT molecular complexity index is 151. The van der Waals surface area contributed by atoms with Crippen LogP contribution in [0.4, 0.5) is 0 Å². The van der Waals surface area contributed by atoms with Crippen LogP contribution in [0, 0.1) is 5.92 Å². The second-order valence-electron chi connectivity index (χ2n) is 3.18. The van der Waals surface area contributed by atoms with E-state index in [9.17, 15) is 0 Å². The van der Waals surface area contributed by atoms with Gasteiger partial charge in [-0.05, 0) is 38.2 Å². The Morgan fingerprint density at radius 1 is 1.25 bits per heavy atom. The topological polar surface area (TPSA) is 0 Å². The number of allylic oxidation sites excluding steroid dienone is 4. The van der Waals surface area contributed by atoms with Crippen LogP contribution in [0.25, 0.3) is 0 Å². The molecule has 0 nitrogen and oxygen atoms in total. The molecule has 0 amide bonds. The Labute approximate surface area is 77.4 Å². The fourth-order valence-electron chi connectivity index (χ4n) is 1.62. The lowest BCUT2D eigenvalue weighted by Crippen LogP contribution is -2.00. The summed E-state index contributed by atoms with van der Waals surface area (Å²) in [7, 11) is 0. The highest BCUT2D eigenvalue weighted by molar-refractivity contribution is 5.20. The zero-order valence-electron chi connectivity index (χ0n) is 8.93. The maximum absolute atomic E-state index is 2.27. The van der Waals surface area contributed by atoms with Crippen LogP contribution in [0.3, 0.4) is 0 Å². The van der Waals surface area contributed by atoms with Crippen LogP contribution in [0.15, 0.2) is 23.8 Å². The van der Waals surface area contributed by atoms with Crippen LogP contribution in [-0.4, -0.2) is 0 Å². The Kier molecular flexibility index (Phi) is 6.84. The van der Waals surface area contributed by atoms with E-state index in [0.717, 1.165) is 5.92 Å². The van der Waals surface area contributed by atoms with Crippen LogP contribution in [-0.2, 0) is 0 Å². The van der Waals surface area contributed by atoms with Gasteiger partial charge in [-0.3, -0.25) is 0 Å². The van der Waals surface area contributed by atoms with Crippen molar-refractivity contribution in [3.8, 4) is 0 Å². The molecule has 0 aliphatic rings. The highest BCUT2D eigenvalue weighted by Gasteiger charge is 2.06. The van der Waals surface area contributed by atoms with Crippen LogP contribution in [0.2, 0.25) is 0 Å². The SMILES string of the molecule is C/C=C\C(=C/C)C(CC)CCC. The molecular weight excluding hydrogens is 144 g/mol. The van der Waals surface area contributed by atoms with Gasteiger partial charge in [0.1, 0.15) is 0 Å². The average Bonchev–Trinajstić information content (AvgIpc) is 2.11. The molecule has 0 bridgehead atoms. The number of rotatable bonds is 5. The van der Waals surface area contributed by atoms with Crippen molar-refractivity contribution in [2.24, 2.45) is 5.92 Å².